The largest absolute Gasteiger partial charge is 0.507 e. The number of carbonyl (C=O) groups excluding carboxylic acids is 1. The summed E-state index contributed by atoms with van der Waals surface area (Å²) in [6.45, 7) is 0. The van der Waals surface area contributed by atoms with Gasteiger partial charge >= 0.3 is 5.97 Å². The van der Waals surface area contributed by atoms with E-state index in [2.05, 4.69) is 0 Å². The zero-order valence-electron chi connectivity index (χ0n) is 10.0. The van der Waals surface area contributed by atoms with Crippen molar-refractivity contribution in [3.8, 4) is 11.5 Å². The number of ketones is 1. The molecule has 0 saturated heterocycles. The molecule has 0 radical (unpaired) electrons. The van der Waals surface area contributed by atoms with Crippen LogP contribution in [0, 0.1) is 0 Å². The minimum absolute atomic E-state index is 0.194. The monoisotopic (exact) mass is 250 g/mol. The van der Waals surface area contributed by atoms with E-state index in [-0.39, 0.29) is 11.3 Å². The van der Waals surface area contributed by atoms with Crippen LogP contribution in [0.1, 0.15) is 34.3 Å². The number of aromatic hydroxyl groups is 1. The summed E-state index contributed by atoms with van der Waals surface area (Å²) in [4.78, 5) is 22.2. The van der Waals surface area contributed by atoms with Crippen LogP contribution < -0.4 is 4.74 Å². The van der Waals surface area contributed by atoms with Crippen LogP contribution in [0.4, 0.5) is 0 Å². The highest BCUT2D eigenvalue weighted by Gasteiger charge is 2.26. The summed E-state index contributed by atoms with van der Waals surface area (Å²) in [6.07, 6.45) is 3.31. The lowest BCUT2D eigenvalue weighted by Gasteiger charge is -2.21. The van der Waals surface area contributed by atoms with Crippen LogP contribution in [0.2, 0.25) is 0 Å². The average Bonchev–Trinajstić information content (AvgIpc) is 2.38. The molecule has 0 saturated carbocycles. The van der Waals surface area contributed by atoms with Crippen molar-refractivity contribution in [3.63, 3.8) is 0 Å². The highest BCUT2D eigenvalue weighted by atomic mass is 16.5. The Morgan fingerprint density at radius 3 is 2.39 bits per heavy atom. The molecule has 0 aromatic heterocycles. The lowest BCUT2D eigenvalue weighted by molar-refractivity contribution is -0.131. The first kappa shape index (κ1) is 12.4. The van der Waals surface area contributed by atoms with E-state index in [1.807, 2.05) is 0 Å². The molecule has 96 valence electrons. The normalized spacial score (nSPS) is 13.8. The van der Waals surface area contributed by atoms with Gasteiger partial charge in [0.25, 0.3) is 5.78 Å². The Morgan fingerprint density at radius 2 is 1.83 bits per heavy atom. The Bertz CT molecular complexity index is 519. The van der Waals surface area contributed by atoms with Crippen molar-refractivity contribution in [1.29, 1.82) is 0 Å². The van der Waals surface area contributed by atoms with Crippen molar-refractivity contribution in [2.24, 2.45) is 0 Å². The number of hydrogen-bond donors (Lipinski definition) is 2. The second kappa shape index (κ2) is 4.68. The minimum atomic E-state index is -1.58. The number of carboxylic acids is 1. The molecule has 0 aliphatic heterocycles. The molecule has 18 heavy (non-hydrogen) atoms. The molecule has 0 spiro atoms. The van der Waals surface area contributed by atoms with E-state index < -0.39 is 11.8 Å². The number of rotatable bonds is 3. The van der Waals surface area contributed by atoms with Gasteiger partial charge in [-0.25, -0.2) is 4.79 Å². The minimum Gasteiger partial charge on any atom is -0.507 e. The van der Waals surface area contributed by atoms with Gasteiger partial charge in [-0.3, -0.25) is 4.79 Å². The second-order valence-electron chi connectivity index (χ2n) is 4.27. The molecule has 0 amide bonds. The quantitative estimate of drug-likeness (QED) is 0.628. The van der Waals surface area contributed by atoms with Crippen LogP contribution in [0.3, 0.4) is 0 Å². The number of carbonyl (C=O) groups is 2. The molecule has 1 aromatic rings. The molecule has 0 heterocycles. The third-order valence-corrected chi connectivity index (χ3v) is 3.24. The predicted octanol–water partition coefficient (Wildman–Crippen LogP) is 1.55. The Hall–Kier alpha value is -2.04. The first-order valence-corrected chi connectivity index (χ1v) is 5.75. The molecule has 2 rings (SSSR count). The van der Waals surface area contributed by atoms with E-state index in [0.717, 1.165) is 24.8 Å². The van der Waals surface area contributed by atoms with Crippen molar-refractivity contribution in [3.05, 3.63) is 22.8 Å². The molecular formula is C13H14O5. The Balaban J connectivity index is 2.62. The molecule has 5 nitrogen and oxygen atoms in total. The standard InChI is InChI=1S/C13H14O5/c1-18-10-6-9(12(15)13(16)17)11(14)8-5-3-2-4-7(8)10/h6,14H,2-5H2,1H3,(H,16,17). The van der Waals surface area contributed by atoms with E-state index in [1.165, 1.54) is 13.2 Å². The fraction of sp³-hybridized carbons (Fsp3) is 0.385. The molecule has 1 aromatic carbocycles. The predicted molar refractivity (Wildman–Crippen MR) is 63.3 cm³/mol. The van der Waals surface area contributed by atoms with Crippen LogP contribution in [-0.4, -0.2) is 29.1 Å². The van der Waals surface area contributed by atoms with Gasteiger partial charge in [0.05, 0.1) is 12.7 Å². The van der Waals surface area contributed by atoms with Gasteiger partial charge in [-0.15, -0.1) is 0 Å². The number of fused-ring (bicyclic) bond motifs is 1. The van der Waals surface area contributed by atoms with Crippen molar-refractivity contribution in [2.75, 3.05) is 7.11 Å². The van der Waals surface area contributed by atoms with E-state index in [4.69, 9.17) is 9.84 Å². The SMILES string of the molecule is COc1cc(C(=O)C(=O)O)c(O)c2c1CCCC2. The molecule has 1 aliphatic rings. The van der Waals surface area contributed by atoms with Gasteiger partial charge in [0.1, 0.15) is 11.5 Å². The topological polar surface area (TPSA) is 83.8 Å². The smallest absolute Gasteiger partial charge is 0.377 e. The molecular weight excluding hydrogens is 236 g/mol. The molecule has 2 N–H and O–H groups in total. The first-order valence-electron chi connectivity index (χ1n) is 5.75. The number of benzene rings is 1. The van der Waals surface area contributed by atoms with Gasteiger partial charge in [-0.05, 0) is 31.7 Å². The third-order valence-electron chi connectivity index (χ3n) is 3.24. The zero-order valence-corrected chi connectivity index (χ0v) is 10.0. The highest BCUT2D eigenvalue weighted by molar-refractivity contribution is 6.40. The number of aliphatic carboxylic acids is 1. The van der Waals surface area contributed by atoms with Gasteiger partial charge in [0.15, 0.2) is 0 Å². The van der Waals surface area contributed by atoms with Gasteiger partial charge in [0, 0.05) is 11.1 Å². The zero-order chi connectivity index (χ0) is 13.3. The number of ether oxygens (including phenoxy) is 1. The number of hydrogen-bond acceptors (Lipinski definition) is 4. The van der Waals surface area contributed by atoms with Crippen LogP contribution >= 0.6 is 0 Å². The first-order chi connectivity index (χ1) is 8.56. The summed E-state index contributed by atoms with van der Waals surface area (Å²) in [7, 11) is 1.47. The van der Waals surface area contributed by atoms with E-state index >= 15 is 0 Å². The Kier molecular flexibility index (Phi) is 3.23. The van der Waals surface area contributed by atoms with E-state index in [1.54, 1.807) is 0 Å². The fourth-order valence-corrected chi connectivity index (χ4v) is 2.36. The maximum atomic E-state index is 11.5. The Morgan fingerprint density at radius 1 is 1.22 bits per heavy atom. The second-order valence-corrected chi connectivity index (χ2v) is 4.27. The summed E-state index contributed by atoms with van der Waals surface area (Å²) in [5, 5.41) is 18.8. The number of phenols is 1. The maximum absolute atomic E-state index is 11.5. The van der Waals surface area contributed by atoms with E-state index in [0.29, 0.717) is 17.7 Å². The third kappa shape index (κ3) is 1.92. The van der Waals surface area contributed by atoms with Gasteiger partial charge in [-0.2, -0.15) is 0 Å². The molecule has 0 fully saturated rings. The fourth-order valence-electron chi connectivity index (χ4n) is 2.36. The molecule has 1 aliphatic carbocycles. The lowest BCUT2D eigenvalue weighted by atomic mass is 9.87. The van der Waals surface area contributed by atoms with Crippen molar-refractivity contribution in [1.82, 2.24) is 0 Å². The molecule has 0 unspecified atom stereocenters. The Labute approximate surface area is 104 Å². The number of carboxylic acid groups (broad SMARTS) is 1. The van der Waals surface area contributed by atoms with Crippen LogP contribution in [0.25, 0.3) is 0 Å². The molecule has 0 bridgehead atoms. The van der Waals surface area contributed by atoms with Crippen molar-refractivity contribution >= 4 is 11.8 Å². The summed E-state index contributed by atoms with van der Waals surface area (Å²) in [6, 6.07) is 1.32. The average molecular weight is 250 g/mol. The molecule has 0 atom stereocenters. The van der Waals surface area contributed by atoms with Crippen LogP contribution in [0.5, 0.6) is 11.5 Å². The number of methoxy groups -OCH3 is 1. The van der Waals surface area contributed by atoms with Gasteiger partial charge in [-0.1, -0.05) is 0 Å². The van der Waals surface area contributed by atoms with Crippen molar-refractivity contribution < 1.29 is 24.5 Å². The summed E-state index contributed by atoms with van der Waals surface area (Å²) in [5.41, 5.74) is 1.33. The number of phenolic OH excluding ortho intramolecular Hbond substituents is 1. The van der Waals surface area contributed by atoms with E-state index in [9.17, 15) is 14.7 Å². The highest BCUT2D eigenvalue weighted by Crippen LogP contribution is 2.38. The maximum Gasteiger partial charge on any atom is 0.377 e. The van der Waals surface area contributed by atoms with Crippen molar-refractivity contribution in [2.45, 2.75) is 25.7 Å². The lowest BCUT2D eigenvalue weighted by Crippen LogP contribution is -2.15. The molecule has 5 heteroatoms. The summed E-state index contributed by atoms with van der Waals surface area (Å²) < 4.78 is 5.18. The van der Waals surface area contributed by atoms with Gasteiger partial charge < -0.3 is 14.9 Å². The van der Waals surface area contributed by atoms with Gasteiger partial charge in [0.2, 0.25) is 0 Å². The van der Waals surface area contributed by atoms with Crippen LogP contribution in [-0.2, 0) is 17.6 Å². The van der Waals surface area contributed by atoms with Crippen LogP contribution in [0.15, 0.2) is 6.07 Å². The summed E-state index contributed by atoms with van der Waals surface area (Å²) in [5.74, 6) is -2.42. The summed E-state index contributed by atoms with van der Waals surface area (Å²) >= 11 is 0. The number of Topliss-reactive ketones (excluding diaryl/α,β-unsaturated/α-hetero) is 1.